The van der Waals surface area contributed by atoms with Crippen molar-refractivity contribution in [2.45, 2.75) is 40.0 Å². The number of furan rings is 1. The van der Waals surface area contributed by atoms with Crippen molar-refractivity contribution in [3.8, 4) is 0 Å². The minimum Gasteiger partial charge on any atom is -0.466 e. The van der Waals surface area contributed by atoms with E-state index in [1.807, 2.05) is 27.8 Å². The van der Waals surface area contributed by atoms with Gasteiger partial charge in [0.15, 0.2) is 0 Å². The second-order valence-electron chi connectivity index (χ2n) is 4.69. The van der Waals surface area contributed by atoms with Crippen LogP contribution in [0.1, 0.15) is 46.7 Å². The van der Waals surface area contributed by atoms with E-state index in [1.54, 1.807) is 4.90 Å². The van der Waals surface area contributed by atoms with E-state index in [0.717, 1.165) is 53.8 Å². The number of halogens is 1. The fraction of sp³-hybridized carbons (Fsp3) is 0.643. The average molecular weight is 316 g/mol. The van der Waals surface area contributed by atoms with Gasteiger partial charge in [-0.3, -0.25) is 4.79 Å². The van der Waals surface area contributed by atoms with Crippen molar-refractivity contribution >= 4 is 21.8 Å². The first-order valence-electron chi connectivity index (χ1n) is 6.37. The summed E-state index contributed by atoms with van der Waals surface area (Å²) in [6, 6.07) is 0. The molecular formula is C14H22BrNO2. The van der Waals surface area contributed by atoms with Gasteiger partial charge in [0.25, 0.3) is 5.91 Å². The van der Waals surface area contributed by atoms with E-state index in [4.69, 9.17) is 4.42 Å². The fourth-order valence-corrected chi connectivity index (χ4v) is 2.42. The first kappa shape index (κ1) is 15.3. The summed E-state index contributed by atoms with van der Waals surface area (Å²) in [6.45, 7) is 6.49. The Morgan fingerprint density at radius 1 is 1.17 bits per heavy atom. The number of nitrogens with zero attached hydrogens (tertiary/aromatic N) is 1. The molecular weight excluding hydrogens is 294 g/mol. The molecule has 0 atom stereocenters. The van der Waals surface area contributed by atoms with Gasteiger partial charge in [-0.1, -0.05) is 22.4 Å². The van der Waals surface area contributed by atoms with Crippen LogP contribution in [-0.2, 0) is 0 Å². The van der Waals surface area contributed by atoms with E-state index in [1.165, 1.54) is 0 Å². The highest BCUT2D eigenvalue weighted by atomic mass is 79.9. The van der Waals surface area contributed by atoms with Crippen LogP contribution in [0.3, 0.4) is 0 Å². The molecule has 0 aliphatic heterocycles. The molecule has 1 heterocycles. The summed E-state index contributed by atoms with van der Waals surface area (Å²) in [5, 5.41) is 1.03. The third-order valence-electron chi connectivity index (χ3n) is 3.25. The number of hydrogen-bond acceptors (Lipinski definition) is 2. The van der Waals surface area contributed by atoms with Gasteiger partial charge < -0.3 is 9.32 Å². The van der Waals surface area contributed by atoms with Crippen LogP contribution in [-0.4, -0.2) is 29.7 Å². The van der Waals surface area contributed by atoms with Crippen LogP contribution in [0.15, 0.2) is 4.42 Å². The normalized spacial score (nSPS) is 10.7. The molecule has 0 saturated heterocycles. The lowest BCUT2D eigenvalue weighted by Gasteiger charge is -2.17. The molecule has 0 aliphatic carbocycles. The molecule has 18 heavy (non-hydrogen) atoms. The van der Waals surface area contributed by atoms with Crippen LogP contribution in [0, 0.1) is 20.8 Å². The second-order valence-corrected chi connectivity index (χ2v) is 5.48. The van der Waals surface area contributed by atoms with Gasteiger partial charge in [0.05, 0.1) is 5.56 Å². The largest absolute Gasteiger partial charge is 0.466 e. The minimum absolute atomic E-state index is 0.0701. The Hall–Kier alpha value is -0.770. The minimum atomic E-state index is 0.0701. The topological polar surface area (TPSA) is 33.5 Å². The smallest absolute Gasteiger partial charge is 0.257 e. The second kappa shape index (κ2) is 6.98. The fourth-order valence-electron chi connectivity index (χ4n) is 2.02. The van der Waals surface area contributed by atoms with Crippen molar-refractivity contribution in [1.82, 2.24) is 4.90 Å². The molecule has 1 aromatic rings. The quantitative estimate of drug-likeness (QED) is 0.590. The van der Waals surface area contributed by atoms with E-state index in [9.17, 15) is 4.79 Å². The summed E-state index contributed by atoms with van der Waals surface area (Å²) in [5.74, 6) is 1.63. The van der Waals surface area contributed by atoms with Crippen molar-refractivity contribution in [2.75, 3.05) is 18.9 Å². The molecule has 1 rings (SSSR count). The third-order valence-corrected chi connectivity index (χ3v) is 3.81. The third kappa shape index (κ3) is 3.61. The van der Waals surface area contributed by atoms with Crippen LogP contribution in [0.4, 0.5) is 0 Å². The highest BCUT2D eigenvalue weighted by Crippen LogP contribution is 2.22. The summed E-state index contributed by atoms with van der Waals surface area (Å²) in [5.41, 5.74) is 1.69. The molecule has 0 fully saturated rings. The molecule has 0 aromatic carbocycles. The number of hydrogen-bond donors (Lipinski definition) is 0. The average Bonchev–Trinajstić information content (AvgIpc) is 2.58. The molecule has 1 aromatic heterocycles. The highest BCUT2D eigenvalue weighted by Gasteiger charge is 2.21. The number of amides is 1. The Labute approximate surface area is 118 Å². The SMILES string of the molecule is Cc1oc(C)c(C(=O)N(C)CCCCCBr)c1C. The zero-order chi connectivity index (χ0) is 13.7. The molecule has 0 spiro atoms. The first-order valence-corrected chi connectivity index (χ1v) is 7.49. The molecule has 0 bridgehead atoms. The Balaban J connectivity index is 2.63. The van der Waals surface area contributed by atoms with Crippen molar-refractivity contribution in [2.24, 2.45) is 0 Å². The number of unbranched alkanes of at least 4 members (excludes halogenated alkanes) is 2. The summed E-state index contributed by atoms with van der Waals surface area (Å²) < 4.78 is 5.51. The van der Waals surface area contributed by atoms with Gasteiger partial charge in [-0.2, -0.15) is 0 Å². The van der Waals surface area contributed by atoms with Gasteiger partial charge in [0, 0.05) is 24.5 Å². The van der Waals surface area contributed by atoms with E-state index in [0.29, 0.717) is 0 Å². The van der Waals surface area contributed by atoms with E-state index >= 15 is 0 Å². The standard InChI is InChI=1S/C14H22BrNO2/c1-10-11(2)18-12(3)13(10)14(17)16(4)9-7-5-6-8-15/h5-9H2,1-4H3. The van der Waals surface area contributed by atoms with Gasteiger partial charge in [-0.15, -0.1) is 0 Å². The van der Waals surface area contributed by atoms with Crippen LogP contribution in [0.25, 0.3) is 0 Å². The zero-order valence-electron chi connectivity index (χ0n) is 11.7. The van der Waals surface area contributed by atoms with E-state index < -0.39 is 0 Å². The summed E-state index contributed by atoms with van der Waals surface area (Å²) in [7, 11) is 1.86. The number of carbonyl (C=O) groups is 1. The Morgan fingerprint density at radius 2 is 1.83 bits per heavy atom. The van der Waals surface area contributed by atoms with Crippen LogP contribution >= 0.6 is 15.9 Å². The molecule has 0 N–H and O–H groups in total. The molecule has 0 saturated carbocycles. The molecule has 1 amide bonds. The van der Waals surface area contributed by atoms with Crippen molar-refractivity contribution in [3.05, 3.63) is 22.6 Å². The predicted molar refractivity (Wildman–Crippen MR) is 77.5 cm³/mol. The molecule has 102 valence electrons. The number of alkyl halides is 1. The van der Waals surface area contributed by atoms with E-state index in [2.05, 4.69) is 15.9 Å². The summed E-state index contributed by atoms with van der Waals surface area (Å²) in [6.07, 6.45) is 3.35. The maximum absolute atomic E-state index is 12.3. The van der Waals surface area contributed by atoms with Gasteiger partial charge in [-0.05, 0) is 33.6 Å². The van der Waals surface area contributed by atoms with Crippen molar-refractivity contribution in [3.63, 3.8) is 0 Å². The molecule has 4 heteroatoms. The Bertz CT molecular complexity index is 412. The highest BCUT2D eigenvalue weighted by molar-refractivity contribution is 9.09. The molecule has 0 radical (unpaired) electrons. The lowest BCUT2D eigenvalue weighted by Crippen LogP contribution is -2.28. The van der Waals surface area contributed by atoms with Crippen LogP contribution in [0.5, 0.6) is 0 Å². The van der Waals surface area contributed by atoms with Gasteiger partial charge in [0.1, 0.15) is 11.5 Å². The monoisotopic (exact) mass is 315 g/mol. The van der Waals surface area contributed by atoms with Crippen molar-refractivity contribution in [1.29, 1.82) is 0 Å². The molecule has 3 nitrogen and oxygen atoms in total. The zero-order valence-corrected chi connectivity index (χ0v) is 13.3. The number of aryl methyl sites for hydroxylation is 2. The van der Waals surface area contributed by atoms with Crippen molar-refractivity contribution < 1.29 is 9.21 Å². The number of rotatable bonds is 6. The Kier molecular flexibility index (Phi) is 5.93. The van der Waals surface area contributed by atoms with Crippen LogP contribution in [0.2, 0.25) is 0 Å². The summed E-state index contributed by atoms with van der Waals surface area (Å²) >= 11 is 3.41. The van der Waals surface area contributed by atoms with Crippen LogP contribution < -0.4 is 0 Å². The predicted octanol–water partition coefficient (Wildman–Crippen LogP) is 3.84. The maximum Gasteiger partial charge on any atom is 0.257 e. The van der Waals surface area contributed by atoms with Gasteiger partial charge in [0.2, 0.25) is 0 Å². The van der Waals surface area contributed by atoms with Gasteiger partial charge in [-0.25, -0.2) is 0 Å². The summed E-state index contributed by atoms with van der Waals surface area (Å²) in [4.78, 5) is 14.1. The molecule has 0 aliphatic rings. The Morgan fingerprint density at radius 3 is 2.33 bits per heavy atom. The lowest BCUT2D eigenvalue weighted by molar-refractivity contribution is 0.0790. The number of carbonyl (C=O) groups excluding carboxylic acids is 1. The van der Waals surface area contributed by atoms with E-state index in [-0.39, 0.29) is 5.91 Å². The van der Waals surface area contributed by atoms with Gasteiger partial charge >= 0.3 is 0 Å². The maximum atomic E-state index is 12.3. The first-order chi connectivity index (χ1) is 8.49. The molecule has 0 unspecified atom stereocenters. The lowest BCUT2D eigenvalue weighted by atomic mass is 10.1.